The summed E-state index contributed by atoms with van der Waals surface area (Å²) in [5, 5.41) is 4.02. The Balaban J connectivity index is 1.71. The third-order valence-electron chi connectivity index (χ3n) is 2.79. The molecule has 114 valence electrons. The average Bonchev–Trinajstić information content (AvgIpc) is 2.50. The number of benzene rings is 1. The SMILES string of the molecule is NC(=S)NN=Cc1ccc(OCCC2OCCCO2)cc1. The van der Waals surface area contributed by atoms with Crippen LogP contribution in [-0.2, 0) is 9.47 Å². The number of thiocarbonyl (C=S) groups is 1. The highest BCUT2D eigenvalue weighted by Crippen LogP contribution is 2.13. The first-order valence-corrected chi connectivity index (χ1v) is 7.19. The third-order valence-corrected chi connectivity index (χ3v) is 2.88. The fourth-order valence-corrected chi connectivity index (χ4v) is 1.85. The molecule has 0 radical (unpaired) electrons. The number of nitrogens with zero attached hydrogens (tertiary/aromatic N) is 1. The third kappa shape index (κ3) is 6.07. The molecule has 1 fully saturated rings. The number of nitrogens with one attached hydrogen (secondary N) is 1. The molecule has 2 rings (SSSR count). The monoisotopic (exact) mass is 309 g/mol. The summed E-state index contributed by atoms with van der Waals surface area (Å²) in [6.07, 6.45) is 3.18. The van der Waals surface area contributed by atoms with Gasteiger partial charge in [0.15, 0.2) is 11.4 Å². The molecule has 0 spiro atoms. The number of hydrogen-bond acceptors (Lipinski definition) is 5. The molecule has 1 aromatic carbocycles. The molecule has 1 aromatic rings. The van der Waals surface area contributed by atoms with Crippen molar-refractivity contribution in [3.05, 3.63) is 29.8 Å². The van der Waals surface area contributed by atoms with Crippen LogP contribution >= 0.6 is 12.2 Å². The highest BCUT2D eigenvalue weighted by Gasteiger charge is 2.13. The van der Waals surface area contributed by atoms with Crippen LogP contribution in [0.4, 0.5) is 0 Å². The highest BCUT2D eigenvalue weighted by molar-refractivity contribution is 7.80. The molecular weight excluding hydrogens is 290 g/mol. The Hall–Kier alpha value is -1.70. The first-order chi connectivity index (χ1) is 10.2. The molecule has 21 heavy (non-hydrogen) atoms. The van der Waals surface area contributed by atoms with Gasteiger partial charge in [0.05, 0.1) is 26.0 Å². The van der Waals surface area contributed by atoms with Gasteiger partial charge in [-0.1, -0.05) is 0 Å². The van der Waals surface area contributed by atoms with Crippen molar-refractivity contribution >= 4 is 23.5 Å². The summed E-state index contributed by atoms with van der Waals surface area (Å²) < 4.78 is 16.5. The lowest BCUT2D eigenvalue weighted by Gasteiger charge is -2.23. The topological polar surface area (TPSA) is 78.1 Å². The smallest absolute Gasteiger partial charge is 0.184 e. The Morgan fingerprint density at radius 2 is 2.10 bits per heavy atom. The van der Waals surface area contributed by atoms with Crippen molar-refractivity contribution in [2.45, 2.75) is 19.1 Å². The molecule has 0 bridgehead atoms. The van der Waals surface area contributed by atoms with Gasteiger partial charge in [-0.3, -0.25) is 5.43 Å². The van der Waals surface area contributed by atoms with Gasteiger partial charge >= 0.3 is 0 Å². The van der Waals surface area contributed by atoms with E-state index in [0.717, 1.165) is 37.4 Å². The fraction of sp³-hybridized carbons (Fsp3) is 0.429. The molecule has 0 aliphatic carbocycles. The maximum atomic E-state index is 5.65. The maximum Gasteiger partial charge on any atom is 0.184 e. The Morgan fingerprint density at radius 3 is 2.76 bits per heavy atom. The van der Waals surface area contributed by atoms with Crippen molar-refractivity contribution in [1.82, 2.24) is 5.43 Å². The quantitative estimate of drug-likeness (QED) is 0.470. The summed E-state index contributed by atoms with van der Waals surface area (Å²) in [5.74, 6) is 0.797. The zero-order chi connectivity index (χ0) is 14.9. The van der Waals surface area contributed by atoms with Crippen molar-refractivity contribution in [3.63, 3.8) is 0 Å². The van der Waals surface area contributed by atoms with Crippen LogP contribution < -0.4 is 15.9 Å². The van der Waals surface area contributed by atoms with Gasteiger partial charge in [0, 0.05) is 6.42 Å². The Labute approximate surface area is 129 Å². The van der Waals surface area contributed by atoms with Crippen LogP contribution in [0.3, 0.4) is 0 Å². The molecular formula is C14H19N3O3S. The summed E-state index contributed by atoms with van der Waals surface area (Å²) in [4.78, 5) is 0. The molecule has 0 atom stereocenters. The van der Waals surface area contributed by atoms with E-state index < -0.39 is 0 Å². The maximum absolute atomic E-state index is 5.65. The van der Waals surface area contributed by atoms with Gasteiger partial charge in [-0.05, 0) is 48.5 Å². The zero-order valence-electron chi connectivity index (χ0n) is 11.7. The normalized spacial score (nSPS) is 16.0. The standard InChI is InChI=1S/C14H19N3O3S/c15-14(21)17-16-10-11-2-4-12(5-3-11)18-9-6-13-19-7-1-8-20-13/h2-5,10,13H,1,6-9H2,(H3,15,17,21). The molecule has 1 aliphatic rings. The van der Waals surface area contributed by atoms with E-state index in [1.54, 1.807) is 6.21 Å². The van der Waals surface area contributed by atoms with Crippen molar-refractivity contribution in [2.75, 3.05) is 19.8 Å². The van der Waals surface area contributed by atoms with E-state index in [1.807, 2.05) is 24.3 Å². The van der Waals surface area contributed by atoms with Gasteiger partial charge in [-0.2, -0.15) is 5.10 Å². The lowest BCUT2D eigenvalue weighted by atomic mass is 10.2. The van der Waals surface area contributed by atoms with Crippen molar-refractivity contribution in [2.24, 2.45) is 10.8 Å². The lowest BCUT2D eigenvalue weighted by Crippen LogP contribution is -2.26. The Bertz CT molecular complexity index is 473. The molecule has 6 nitrogen and oxygen atoms in total. The minimum absolute atomic E-state index is 0.137. The molecule has 1 aliphatic heterocycles. The summed E-state index contributed by atoms with van der Waals surface area (Å²) >= 11 is 4.65. The number of ether oxygens (including phenoxy) is 3. The van der Waals surface area contributed by atoms with Crippen molar-refractivity contribution in [3.8, 4) is 5.75 Å². The minimum atomic E-state index is -0.142. The first-order valence-electron chi connectivity index (χ1n) is 6.78. The number of hydrazone groups is 1. The molecule has 0 amide bonds. The number of hydrogen-bond donors (Lipinski definition) is 2. The lowest BCUT2D eigenvalue weighted by molar-refractivity contribution is -0.183. The van der Waals surface area contributed by atoms with Crippen LogP contribution in [0, 0.1) is 0 Å². The van der Waals surface area contributed by atoms with Gasteiger partial charge in [0.25, 0.3) is 0 Å². The van der Waals surface area contributed by atoms with Crippen LogP contribution in [0.5, 0.6) is 5.75 Å². The van der Waals surface area contributed by atoms with Crippen LogP contribution in [0.1, 0.15) is 18.4 Å². The predicted molar refractivity (Wildman–Crippen MR) is 84.4 cm³/mol. The van der Waals surface area contributed by atoms with Crippen LogP contribution in [0.25, 0.3) is 0 Å². The fourth-order valence-electron chi connectivity index (χ4n) is 1.80. The summed E-state index contributed by atoms with van der Waals surface area (Å²) in [6.45, 7) is 2.08. The van der Waals surface area contributed by atoms with Crippen LogP contribution in [-0.4, -0.2) is 37.4 Å². The molecule has 3 N–H and O–H groups in total. The molecule has 1 saturated heterocycles. The summed E-state index contributed by atoms with van der Waals surface area (Å²) in [5.41, 5.74) is 8.68. The van der Waals surface area contributed by atoms with Crippen LogP contribution in [0.2, 0.25) is 0 Å². The first kappa shape index (κ1) is 15.7. The predicted octanol–water partition coefficient (Wildman–Crippen LogP) is 1.39. The second-order valence-electron chi connectivity index (χ2n) is 4.47. The molecule has 0 saturated carbocycles. The van der Waals surface area contributed by atoms with E-state index in [2.05, 4.69) is 22.7 Å². The largest absolute Gasteiger partial charge is 0.493 e. The highest BCUT2D eigenvalue weighted by atomic mass is 32.1. The van der Waals surface area contributed by atoms with E-state index >= 15 is 0 Å². The zero-order valence-corrected chi connectivity index (χ0v) is 12.5. The second kappa shape index (κ2) is 8.56. The van der Waals surface area contributed by atoms with Crippen molar-refractivity contribution < 1.29 is 14.2 Å². The number of nitrogens with two attached hydrogens (primary N) is 1. The van der Waals surface area contributed by atoms with Gasteiger partial charge < -0.3 is 19.9 Å². The summed E-state index contributed by atoms with van der Waals surface area (Å²) in [6, 6.07) is 7.55. The van der Waals surface area contributed by atoms with E-state index in [0.29, 0.717) is 6.61 Å². The number of rotatable bonds is 6. The molecule has 0 unspecified atom stereocenters. The summed E-state index contributed by atoms with van der Waals surface area (Å²) in [7, 11) is 0. The second-order valence-corrected chi connectivity index (χ2v) is 4.90. The Morgan fingerprint density at radius 1 is 1.38 bits per heavy atom. The van der Waals surface area contributed by atoms with E-state index in [1.165, 1.54) is 0 Å². The van der Waals surface area contributed by atoms with Crippen molar-refractivity contribution in [1.29, 1.82) is 0 Å². The molecule has 0 aromatic heterocycles. The van der Waals surface area contributed by atoms with Gasteiger partial charge in [-0.15, -0.1) is 0 Å². The van der Waals surface area contributed by atoms with E-state index in [4.69, 9.17) is 19.9 Å². The van der Waals surface area contributed by atoms with E-state index in [9.17, 15) is 0 Å². The van der Waals surface area contributed by atoms with Gasteiger partial charge in [0.1, 0.15) is 5.75 Å². The average molecular weight is 309 g/mol. The molecule has 1 heterocycles. The molecule has 7 heteroatoms. The van der Waals surface area contributed by atoms with Gasteiger partial charge in [-0.25, -0.2) is 0 Å². The Kier molecular flexibility index (Phi) is 6.39. The van der Waals surface area contributed by atoms with Crippen LogP contribution in [0.15, 0.2) is 29.4 Å². The van der Waals surface area contributed by atoms with Gasteiger partial charge in [0.2, 0.25) is 0 Å². The van der Waals surface area contributed by atoms with E-state index in [-0.39, 0.29) is 11.4 Å². The minimum Gasteiger partial charge on any atom is -0.493 e.